The molecule has 1 aromatic heterocycles. The number of nitrogens with zero attached hydrogens (tertiary/aromatic N) is 2. The molecule has 0 radical (unpaired) electrons. The molecular weight excluding hydrogens is 399 g/mol. The number of aromatic nitrogens is 2. The highest BCUT2D eigenvalue weighted by atomic mass is 35.5. The van der Waals surface area contributed by atoms with Gasteiger partial charge in [0.25, 0.3) is 5.91 Å². The van der Waals surface area contributed by atoms with Crippen LogP contribution in [0.5, 0.6) is 5.75 Å². The Morgan fingerprint density at radius 2 is 2.00 bits per heavy atom. The maximum atomic E-state index is 12.2. The van der Waals surface area contributed by atoms with Gasteiger partial charge in [-0.25, -0.2) is 5.43 Å². The lowest BCUT2D eigenvalue weighted by molar-refractivity contribution is 0.0950. The van der Waals surface area contributed by atoms with Crippen LogP contribution in [-0.2, 0) is 0 Å². The molecule has 0 fully saturated rings. The molecule has 1 heterocycles. The predicted molar refractivity (Wildman–Crippen MR) is 112 cm³/mol. The number of halogens is 2. The maximum Gasteiger partial charge on any atom is 0.289 e. The lowest BCUT2D eigenvalue weighted by Crippen LogP contribution is -2.17. The number of H-pyrrole nitrogens is 1. The smallest absolute Gasteiger partial charge is 0.289 e. The van der Waals surface area contributed by atoms with Gasteiger partial charge in [0.2, 0.25) is 0 Å². The Balaban J connectivity index is 1.61. The van der Waals surface area contributed by atoms with Crippen LogP contribution < -0.4 is 10.2 Å². The minimum absolute atomic E-state index is 0.270. The molecule has 28 heavy (non-hydrogen) atoms. The van der Waals surface area contributed by atoms with Crippen molar-refractivity contribution in [2.45, 2.75) is 0 Å². The highest BCUT2D eigenvalue weighted by Crippen LogP contribution is 2.27. The van der Waals surface area contributed by atoms with Gasteiger partial charge in [-0.15, -0.1) is 0 Å². The number of rotatable bonds is 6. The number of para-hydroxylation sites is 1. The van der Waals surface area contributed by atoms with E-state index in [2.05, 4.69) is 20.7 Å². The van der Waals surface area contributed by atoms with Crippen LogP contribution in [0, 0.1) is 0 Å². The number of ether oxygens (including phenoxy) is 1. The molecule has 0 aliphatic rings. The third-order valence-corrected chi connectivity index (χ3v) is 4.52. The number of allylic oxidation sites excluding steroid dienone is 1. The lowest BCUT2D eigenvalue weighted by Gasteiger charge is -2.02. The Bertz CT molecular complexity index is 1040. The van der Waals surface area contributed by atoms with Gasteiger partial charge < -0.3 is 4.74 Å². The van der Waals surface area contributed by atoms with Gasteiger partial charge in [0, 0.05) is 17.3 Å². The van der Waals surface area contributed by atoms with E-state index in [9.17, 15) is 4.79 Å². The molecule has 0 spiro atoms. The molecule has 0 aliphatic heterocycles. The minimum Gasteiger partial charge on any atom is -0.496 e. The summed E-state index contributed by atoms with van der Waals surface area (Å²) in [5.74, 6) is 0.337. The van der Waals surface area contributed by atoms with E-state index in [1.54, 1.807) is 37.5 Å². The molecule has 6 nitrogen and oxygen atoms in total. The average molecular weight is 415 g/mol. The van der Waals surface area contributed by atoms with Gasteiger partial charge in [-0.1, -0.05) is 47.5 Å². The number of hydrogen-bond acceptors (Lipinski definition) is 4. The first kappa shape index (κ1) is 19.7. The summed E-state index contributed by atoms with van der Waals surface area (Å²) in [6.45, 7) is 0. The van der Waals surface area contributed by atoms with E-state index in [0.29, 0.717) is 15.7 Å². The fourth-order valence-electron chi connectivity index (χ4n) is 2.39. The summed E-state index contributed by atoms with van der Waals surface area (Å²) in [5, 5.41) is 11.5. The molecule has 0 unspecified atom stereocenters. The van der Waals surface area contributed by atoms with E-state index in [1.165, 1.54) is 6.21 Å². The maximum absolute atomic E-state index is 12.2. The second-order valence-corrected chi connectivity index (χ2v) is 6.43. The lowest BCUT2D eigenvalue weighted by atomic mass is 10.1. The van der Waals surface area contributed by atoms with Crippen molar-refractivity contribution in [3.63, 3.8) is 0 Å². The Kier molecular flexibility index (Phi) is 6.47. The third-order valence-electron chi connectivity index (χ3n) is 3.78. The molecule has 1 amide bonds. The monoisotopic (exact) mass is 414 g/mol. The normalized spacial score (nSPS) is 11.2. The number of benzene rings is 2. The Labute approximate surface area is 171 Å². The van der Waals surface area contributed by atoms with Crippen molar-refractivity contribution in [2.24, 2.45) is 5.10 Å². The van der Waals surface area contributed by atoms with Crippen molar-refractivity contribution in [1.82, 2.24) is 15.6 Å². The Hall–Kier alpha value is -3.09. The third kappa shape index (κ3) is 4.79. The van der Waals surface area contributed by atoms with Crippen molar-refractivity contribution in [3.8, 4) is 17.0 Å². The molecule has 0 bridgehead atoms. The first-order valence-corrected chi connectivity index (χ1v) is 8.98. The number of methoxy groups -OCH3 is 1. The van der Waals surface area contributed by atoms with Crippen LogP contribution in [0.15, 0.2) is 59.7 Å². The average Bonchev–Trinajstić information content (AvgIpc) is 3.20. The van der Waals surface area contributed by atoms with Crippen molar-refractivity contribution >= 4 is 41.4 Å². The molecule has 0 atom stereocenters. The molecule has 8 heteroatoms. The van der Waals surface area contributed by atoms with Gasteiger partial charge in [-0.05, 0) is 36.4 Å². The molecule has 2 N–H and O–H groups in total. The van der Waals surface area contributed by atoms with E-state index >= 15 is 0 Å². The van der Waals surface area contributed by atoms with Crippen LogP contribution in [-0.4, -0.2) is 29.4 Å². The summed E-state index contributed by atoms with van der Waals surface area (Å²) in [6, 6.07) is 14.3. The first-order valence-electron chi connectivity index (χ1n) is 8.22. The largest absolute Gasteiger partial charge is 0.496 e. The fourth-order valence-corrected chi connectivity index (χ4v) is 2.69. The van der Waals surface area contributed by atoms with Gasteiger partial charge in [0.15, 0.2) is 0 Å². The second-order valence-electron chi connectivity index (χ2n) is 5.62. The van der Waals surface area contributed by atoms with Gasteiger partial charge >= 0.3 is 0 Å². The van der Waals surface area contributed by atoms with Gasteiger partial charge in [-0.3, -0.25) is 9.89 Å². The zero-order chi connectivity index (χ0) is 19.9. The summed E-state index contributed by atoms with van der Waals surface area (Å²) in [6.07, 6.45) is 5.00. The summed E-state index contributed by atoms with van der Waals surface area (Å²) >= 11 is 11.9. The standard InChI is InChI=1S/C20H16Cl2N4O2/c1-28-19-7-3-2-5-13(19)6-4-10-23-26-20(27)18-12-17(24-25-18)14-8-9-15(21)16(22)11-14/h2-12H,1H3,(H,24,25)(H,26,27)/b6-4+,23-10+. The second kappa shape index (κ2) is 9.21. The van der Waals surface area contributed by atoms with Crippen LogP contribution in [0.2, 0.25) is 10.0 Å². The highest BCUT2D eigenvalue weighted by Gasteiger charge is 2.11. The van der Waals surface area contributed by atoms with Gasteiger partial charge in [0.1, 0.15) is 11.4 Å². The van der Waals surface area contributed by atoms with Crippen molar-refractivity contribution in [3.05, 3.63) is 75.9 Å². The summed E-state index contributed by atoms with van der Waals surface area (Å²) in [7, 11) is 1.61. The zero-order valence-corrected chi connectivity index (χ0v) is 16.3. The van der Waals surface area contributed by atoms with Crippen LogP contribution in [0.3, 0.4) is 0 Å². The fraction of sp³-hybridized carbons (Fsp3) is 0.0500. The molecule has 0 saturated carbocycles. The van der Waals surface area contributed by atoms with Crippen LogP contribution in [0.1, 0.15) is 16.1 Å². The van der Waals surface area contributed by atoms with Crippen molar-refractivity contribution in [1.29, 1.82) is 0 Å². The minimum atomic E-state index is -0.416. The topological polar surface area (TPSA) is 79.4 Å². The molecule has 0 aliphatic carbocycles. The predicted octanol–water partition coefficient (Wildman–Crippen LogP) is 4.82. The van der Waals surface area contributed by atoms with Crippen LogP contribution in [0.4, 0.5) is 0 Å². The van der Waals surface area contributed by atoms with Crippen LogP contribution >= 0.6 is 23.2 Å². The molecule has 0 saturated heterocycles. The van der Waals surface area contributed by atoms with E-state index in [1.807, 2.05) is 30.3 Å². The van der Waals surface area contributed by atoms with Gasteiger partial charge in [-0.2, -0.15) is 10.2 Å². The SMILES string of the molecule is COc1ccccc1/C=C/C=N/NC(=O)c1cc(-c2ccc(Cl)c(Cl)c2)n[nH]1. The first-order chi connectivity index (χ1) is 13.6. The molecule has 2 aromatic carbocycles. The van der Waals surface area contributed by atoms with Gasteiger partial charge in [0.05, 0.1) is 22.8 Å². The van der Waals surface area contributed by atoms with Crippen LogP contribution in [0.25, 0.3) is 17.3 Å². The van der Waals surface area contributed by atoms with E-state index < -0.39 is 5.91 Å². The number of hydrazone groups is 1. The Morgan fingerprint density at radius 1 is 1.18 bits per heavy atom. The molecule has 3 rings (SSSR count). The van der Waals surface area contributed by atoms with E-state index in [-0.39, 0.29) is 5.69 Å². The number of amides is 1. The Morgan fingerprint density at radius 3 is 2.79 bits per heavy atom. The number of aromatic amines is 1. The highest BCUT2D eigenvalue weighted by molar-refractivity contribution is 6.42. The molecule has 3 aromatic rings. The van der Waals surface area contributed by atoms with E-state index in [0.717, 1.165) is 16.9 Å². The summed E-state index contributed by atoms with van der Waals surface area (Å²) in [4.78, 5) is 12.2. The van der Waals surface area contributed by atoms with Crippen molar-refractivity contribution in [2.75, 3.05) is 7.11 Å². The van der Waals surface area contributed by atoms with Crippen molar-refractivity contribution < 1.29 is 9.53 Å². The number of carbonyl (C=O) groups is 1. The zero-order valence-electron chi connectivity index (χ0n) is 14.8. The number of carbonyl (C=O) groups excluding carboxylic acids is 1. The number of hydrogen-bond donors (Lipinski definition) is 2. The molecular formula is C20H16Cl2N4O2. The van der Waals surface area contributed by atoms with E-state index in [4.69, 9.17) is 27.9 Å². The summed E-state index contributed by atoms with van der Waals surface area (Å²) in [5.41, 5.74) is 4.92. The summed E-state index contributed by atoms with van der Waals surface area (Å²) < 4.78 is 5.26. The molecule has 142 valence electrons. The quantitative estimate of drug-likeness (QED) is 0.448. The number of nitrogens with one attached hydrogen (secondary N) is 2.